The molecule has 5 rings (SSSR count). The van der Waals surface area contributed by atoms with Gasteiger partial charge in [0.1, 0.15) is 0 Å². The lowest BCUT2D eigenvalue weighted by molar-refractivity contribution is -0.125. The standard InChI is InChI=1S/C23H39N3O2.HI/c1-24-22(25-20-19-10-15-27-21(19)23(20)11-4-5-12-23)26-13-8-18(9-14-26)28-16-17-6-2-3-7-17;/h17-21H,2-16H2,1H3,(H,24,25);1H. The van der Waals surface area contributed by atoms with Crippen molar-refractivity contribution in [3.8, 4) is 0 Å². The van der Waals surface area contributed by atoms with Crippen LogP contribution in [-0.4, -0.2) is 62.5 Å². The van der Waals surface area contributed by atoms with Crippen LogP contribution < -0.4 is 5.32 Å². The van der Waals surface area contributed by atoms with Gasteiger partial charge in [-0.25, -0.2) is 0 Å². The molecule has 5 nitrogen and oxygen atoms in total. The highest BCUT2D eigenvalue weighted by Gasteiger charge is 2.65. The van der Waals surface area contributed by atoms with Crippen LogP contribution in [0, 0.1) is 17.3 Å². The van der Waals surface area contributed by atoms with E-state index in [9.17, 15) is 0 Å². The van der Waals surface area contributed by atoms with Gasteiger partial charge in [0.2, 0.25) is 0 Å². The number of fused-ring (bicyclic) bond motifs is 2. The molecule has 6 heteroatoms. The molecule has 2 aliphatic heterocycles. The van der Waals surface area contributed by atoms with Crippen LogP contribution in [-0.2, 0) is 9.47 Å². The second kappa shape index (κ2) is 9.60. The zero-order valence-electron chi connectivity index (χ0n) is 18.1. The van der Waals surface area contributed by atoms with Gasteiger partial charge in [0.25, 0.3) is 0 Å². The van der Waals surface area contributed by atoms with Gasteiger partial charge < -0.3 is 19.7 Å². The summed E-state index contributed by atoms with van der Waals surface area (Å²) in [4.78, 5) is 7.16. The average molecular weight is 517 g/mol. The molecule has 0 amide bonds. The number of guanidine groups is 1. The van der Waals surface area contributed by atoms with Crippen molar-refractivity contribution in [1.82, 2.24) is 10.2 Å². The third kappa shape index (κ3) is 4.19. The summed E-state index contributed by atoms with van der Waals surface area (Å²) in [7, 11) is 1.95. The van der Waals surface area contributed by atoms with E-state index in [1.165, 1.54) is 57.8 Å². The molecule has 0 bridgehead atoms. The van der Waals surface area contributed by atoms with Crippen LogP contribution >= 0.6 is 24.0 Å². The van der Waals surface area contributed by atoms with Gasteiger partial charge in [-0.2, -0.15) is 0 Å². The number of ether oxygens (including phenoxy) is 2. The number of likely N-dealkylation sites (tertiary alicyclic amines) is 1. The predicted molar refractivity (Wildman–Crippen MR) is 127 cm³/mol. The Morgan fingerprint density at radius 3 is 2.48 bits per heavy atom. The van der Waals surface area contributed by atoms with E-state index < -0.39 is 0 Å². The highest BCUT2D eigenvalue weighted by atomic mass is 127. The molecule has 3 aliphatic carbocycles. The molecule has 166 valence electrons. The Balaban J connectivity index is 0.00000205. The van der Waals surface area contributed by atoms with Gasteiger partial charge in [-0.3, -0.25) is 4.99 Å². The van der Waals surface area contributed by atoms with Gasteiger partial charge in [0, 0.05) is 50.7 Å². The van der Waals surface area contributed by atoms with E-state index in [-0.39, 0.29) is 24.0 Å². The fourth-order valence-electron chi connectivity index (χ4n) is 7.02. The van der Waals surface area contributed by atoms with Gasteiger partial charge >= 0.3 is 0 Å². The van der Waals surface area contributed by atoms with E-state index in [0.717, 1.165) is 51.0 Å². The van der Waals surface area contributed by atoms with Gasteiger partial charge in [-0.15, -0.1) is 24.0 Å². The molecule has 2 heterocycles. The summed E-state index contributed by atoms with van der Waals surface area (Å²) in [6, 6.07) is 0.567. The quantitative estimate of drug-likeness (QED) is 0.345. The number of piperidine rings is 1. The maximum absolute atomic E-state index is 6.27. The molecule has 0 aromatic heterocycles. The van der Waals surface area contributed by atoms with Gasteiger partial charge in [-0.05, 0) is 50.9 Å². The fourth-order valence-corrected chi connectivity index (χ4v) is 7.02. The van der Waals surface area contributed by atoms with Gasteiger partial charge in [0.05, 0.1) is 12.2 Å². The van der Waals surface area contributed by atoms with E-state index in [1.807, 2.05) is 7.05 Å². The number of hydrogen-bond acceptors (Lipinski definition) is 3. The Morgan fingerprint density at radius 2 is 1.79 bits per heavy atom. The number of nitrogens with one attached hydrogen (secondary N) is 1. The topological polar surface area (TPSA) is 46.1 Å². The van der Waals surface area contributed by atoms with E-state index in [1.54, 1.807) is 0 Å². The van der Waals surface area contributed by atoms with Crippen molar-refractivity contribution in [2.75, 3.05) is 33.4 Å². The van der Waals surface area contributed by atoms with Crippen LogP contribution in [0.25, 0.3) is 0 Å². The summed E-state index contributed by atoms with van der Waals surface area (Å²) < 4.78 is 12.4. The predicted octanol–water partition coefficient (Wildman–Crippen LogP) is 4.20. The number of rotatable bonds is 4. The van der Waals surface area contributed by atoms with Crippen LogP contribution in [0.4, 0.5) is 0 Å². The first kappa shape index (κ1) is 22.1. The molecular formula is C23H40IN3O2. The molecule has 5 aliphatic rings. The number of nitrogens with zero attached hydrogens (tertiary/aromatic N) is 2. The summed E-state index contributed by atoms with van der Waals surface area (Å²) in [6.07, 6.45) is 15.4. The van der Waals surface area contributed by atoms with Crippen LogP contribution in [0.15, 0.2) is 4.99 Å². The van der Waals surface area contributed by atoms with Crippen molar-refractivity contribution >= 4 is 29.9 Å². The van der Waals surface area contributed by atoms with Crippen molar-refractivity contribution in [3.05, 3.63) is 0 Å². The second-order valence-corrected chi connectivity index (χ2v) is 10.0. The fraction of sp³-hybridized carbons (Fsp3) is 0.957. The Kier molecular flexibility index (Phi) is 7.32. The number of hydrogen-bond donors (Lipinski definition) is 1. The number of halogens is 1. The first-order valence-electron chi connectivity index (χ1n) is 12.0. The molecule has 1 spiro atoms. The number of aliphatic imine (C=N–C) groups is 1. The Labute approximate surface area is 193 Å². The maximum atomic E-state index is 6.27. The molecule has 2 saturated heterocycles. The molecule has 0 radical (unpaired) electrons. The Morgan fingerprint density at radius 1 is 1.07 bits per heavy atom. The lowest BCUT2D eigenvalue weighted by Gasteiger charge is -2.57. The molecule has 0 aromatic carbocycles. The molecule has 3 saturated carbocycles. The van der Waals surface area contributed by atoms with E-state index in [4.69, 9.17) is 9.47 Å². The minimum absolute atomic E-state index is 0. The minimum Gasteiger partial charge on any atom is -0.378 e. The summed E-state index contributed by atoms with van der Waals surface area (Å²) in [5.74, 6) is 2.65. The third-order valence-electron chi connectivity index (χ3n) is 8.57. The molecule has 3 unspecified atom stereocenters. The van der Waals surface area contributed by atoms with E-state index >= 15 is 0 Å². The van der Waals surface area contributed by atoms with E-state index in [0.29, 0.717) is 29.6 Å². The monoisotopic (exact) mass is 517 g/mol. The largest absolute Gasteiger partial charge is 0.378 e. The summed E-state index contributed by atoms with van der Waals surface area (Å²) >= 11 is 0. The molecule has 29 heavy (non-hydrogen) atoms. The molecule has 0 aromatic rings. The Hall–Kier alpha value is -0.0800. The summed E-state index contributed by atoms with van der Waals surface area (Å²) in [6.45, 7) is 4.08. The molecular weight excluding hydrogens is 477 g/mol. The highest BCUT2D eigenvalue weighted by molar-refractivity contribution is 14.0. The van der Waals surface area contributed by atoms with Crippen LogP contribution in [0.3, 0.4) is 0 Å². The van der Waals surface area contributed by atoms with Crippen LogP contribution in [0.2, 0.25) is 0 Å². The Bertz CT molecular complexity index is 566. The average Bonchev–Trinajstić information content (AvgIpc) is 3.48. The first-order valence-corrected chi connectivity index (χ1v) is 12.0. The normalized spacial score (nSPS) is 34.9. The van der Waals surface area contributed by atoms with Gasteiger partial charge in [-0.1, -0.05) is 25.7 Å². The summed E-state index contributed by atoms with van der Waals surface area (Å²) in [5.41, 5.74) is 0.389. The maximum Gasteiger partial charge on any atom is 0.193 e. The van der Waals surface area contributed by atoms with Crippen molar-refractivity contribution in [2.24, 2.45) is 22.2 Å². The van der Waals surface area contributed by atoms with Crippen molar-refractivity contribution in [2.45, 2.75) is 88.9 Å². The van der Waals surface area contributed by atoms with Gasteiger partial charge in [0.15, 0.2) is 5.96 Å². The second-order valence-electron chi connectivity index (χ2n) is 10.0. The highest BCUT2D eigenvalue weighted by Crippen LogP contribution is 2.60. The zero-order valence-corrected chi connectivity index (χ0v) is 20.4. The van der Waals surface area contributed by atoms with Crippen LogP contribution in [0.5, 0.6) is 0 Å². The minimum atomic E-state index is 0. The van der Waals surface area contributed by atoms with Crippen molar-refractivity contribution in [1.29, 1.82) is 0 Å². The smallest absolute Gasteiger partial charge is 0.193 e. The van der Waals surface area contributed by atoms with Crippen molar-refractivity contribution in [3.63, 3.8) is 0 Å². The lowest BCUT2D eigenvalue weighted by Crippen LogP contribution is -2.69. The SMILES string of the molecule is CN=C(NC1C2CCOC2C12CCCC2)N1CCC(OCC2CCCC2)CC1.I. The molecule has 1 N–H and O–H groups in total. The molecule has 3 atom stereocenters. The summed E-state index contributed by atoms with van der Waals surface area (Å²) in [5, 5.41) is 3.92. The van der Waals surface area contributed by atoms with Crippen LogP contribution in [0.1, 0.15) is 70.6 Å². The van der Waals surface area contributed by atoms with Crippen molar-refractivity contribution < 1.29 is 9.47 Å². The first-order chi connectivity index (χ1) is 13.8. The molecule has 5 fully saturated rings. The third-order valence-corrected chi connectivity index (χ3v) is 8.57. The zero-order chi connectivity index (χ0) is 19.0. The van der Waals surface area contributed by atoms with E-state index in [2.05, 4.69) is 15.2 Å². The lowest BCUT2D eigenvalue weighted by atomic mass is 9.54.